The summed E-state index contributed by atoms with van der Waals surface area (Å²) in [5, 5.41) is 18.5. The summed E-state index contributed by atoms with van der Waals surface area (Å²) in [5.74, 6) is 0.769. The number of benzene rings is 2. The SMILES string of the molecule is CC(C)(C)n1cc(-c2ccnc(NCCNS(=O)(=O)c3ccc(Cl)cc3)c2)c(-c2cccc(O)c2)n1. The van der Waals surface area contributed by atoms with Gasteiger partial charge < -0.3 is 10.4 Å². The summed E-state index contributed by atoms with van der Waals surface area (Å²) in [4.78, 5) is 4.52. The minimum absolute atomic E-state index is 0.155. The highest BCUT2D eigenvalue weighted by Crippen LogP contribution is 2.34. The third kappa shape index (κ3) is 6.04. The van der Waals surface area contributed by atoms with Gasteiger partial charge in [0.1, 0.15) is 17.3 Å². The summed E-state index contributed by atoms with van der Waals surface area (Å²) in [7, 11) is -3.63. The van der Waals surface area contributed by atoms with E-state index in [-0.39, 0.29) is 22.7 Å². The molecular formula is C26H28ClN5O3S. The molecule has 3 N–H and O–H groups in total. The molecule has 0 unspecified atom stereocenters. The second-order valence-corrected chi connectivity index (χ2v) is 11.5. The Morgan fingerprint density at radius 1 is 1.00 bits per heavy atom. The van der Waals surface area contributed by atoms with Crippen LogP contribution in [0.25, 0.3) is 22.4 Å². The molecule has 0 fully saturated rings. The molecule has 2 aromatic carbocycles. The van der Waals surface area contributed by atoms with Gasteiger partial charge in [0.2, 0.25) is 10.0 Å². The van der Waals surface area contributed by atoms with Crippen LogP contribution in [0, 0.1) is 0 Å². The van der Waals surface area contributed by atoms with Gasteiger partial charge in [-0.25, -0.2) is 18.1 Å². The van der Waals surface area contributed by atoms with Crippen LogP contribution < -0.4 is 10.0 Å². The van der Waals surface area contributed by atoms with E-state index in [0.717, 1.165) is 22.4 Å². The van der Waals surface area contributed by atoms with Crippen LogP contribution in [0.5, 0.6) is 5.75 Å². The van der Waals surface area contributed by atoms with Gasteiger partial charge in [-0.3, -0.25) is 4.68 Å². The lowest BCUT2D eigenvalue weighted by molar-refractivity contribution is 0.356. The minimum atomic E-state index is -3.63. The van der Waals surface area contributed by atoms with E-state index in [2.05, 4.69) is 35.8 Å². The number of anilines is 1. The second-order valence-electron chi connectivity index (χ2n) is 9.27. The molecule has 0 aliphatic carbocycles. The Morgan fingerprint density at radius 3 is 2.44 bits per heavy atom. The lowest BCUT2D eigenvalue weighted by atomic mass is 10.0. The Balaban J connectivity index is 1.52. The quantitative estimate of drug-likeness (QED) is 0.276. The van der Waals surface area contributed by atoms with Crippen molar-refractivity contribution in [1.29, 1.82) is 0 Å². The average Bonchev–Trinajstić information content (AvgIpc) is 3.29. The number of hydrogen-bond donors (Lipinski definition) is 3. The van der Waals surface area contributed by atoms with Gasteiger partial charge in [-0.2, -0.15) is 5.10 Å². The molecule has 2 aromatic heterocycles. The van der Waals surface area contributed by atoms with E-state index in [1.807, 2.05) is 29.1 Å². The molecule has 4 aromatic rings. The van der Waals surface area contributed by atoms with Crippen LogP contribution in [0.1, 0.15) is 20.8 Å². The number of aromatic hydroxyl groups is 1. The van der Waals surface area contributed by atoms with Crippen molar-refractivity contribution in [2.75, 3.05) is 18.4 Å². The third-order valence-electron chi connectivity index (χ3n) is 5.44. The van der Waals surface area contributed by atoms with E-state index in [9.17, 15) is 13.5 Å². The highest BCUT2D eigenvalue weighted by molar-refractivity contribution is 7.89. The fraction of sp³-hybridized carbons (Fsp3) is 0.231. The number of rotatable bonds is 8. The zero-order valence-electron chi connectivity index (χ0n) is 20.2. The molecule has 36 heavy (non-hydrogen) atoms. The summed E-state index contributed by atoms with van der Waals surface area (Å²) in [6, 6.07) is 16.8. The highest BCUT2D eigenvalue weighted by Gasteiger charge is 2.20. The van der Waals surface area contributed by atoms with E-state index >= 15 is 0 Å². The first-order valence-corrected chi connectivity index (χ1v) is 13.2. The molecule has 8 nitrogen and oxygen atoms in total. The van der Waals surface area contributed by atoms with Gasteiger partial charge >= 0.3 is 0 Å². The van der Waals surface area contributed by atoms with Crippen molar-refractivity contribution in [1.82, 2.24) is 19.5 Å². The average molecular weight is 526 g/mol. The van der Waals surface area contributed by atoms with Crippen molar-refractivity contribution < 1.29 is 13.5 Å². The van der Waals surface area contributed by atoms with Crippen molar-refractivity contribution in [3.63, 3.8) is 0 Å². The second kappa shape index (κ2) is 10.3. The van der Waals surface area contributed by atoms with Crippen LogP contribution in [-0.4, -0.2) is 41.4 Å². The number of hydrogen-bond acceptors (Lipinski definition) is 6. The van der Waals surface area contributed by atoms with Crippen molar-refractivity contribution in [3.8, 4) is 28.1 Å². The Kier molecular flexibility index (Phi) is 7.35. The maximum Gasteiger partial charge on any atom is 0.240 e. The first-order valence-electron chi connectivity index (χ1n) is 11.4. The molecule has 0 radical (unpaired) electrons. The Hall–Kier alpha value is -3.40. The summed E-state index contributed by atoms with van der Waals surface area (Å²) >= 11 is 5.84. The molecule has 0 aliphatic heterocycles. The monoisotopic (exact) mass is 525 g/mol. The molecular weight excluding hydrogens is 498 g/mol. The summed E-state index contributed by atoms with van der Waals surface area (Å²) in [5.41, 5.74) is 3.09. The molecule has 0 saturated heterocycles. The number of nitrogens with one attached hydrogen (secondary N) is 2. The third-order valence-corrected chi connectivity index (χ3v) is 7.17. The largest absolute Gasteiger partial charge is 0.508 e. The lowest BCUT2D eigenvalue weighted by Crippen LogP contribution is -2.29. The number of nitrogens with zero attached hydrogens (tertiary/aromatic N) is 3. The molecule has 4 rings (SSSR count). The number of sulfonamides is 1. The van der Waals surface area contributed by atoms with Gasteiger partial charge in [-0.15, -0.1) is 0 Å². The van der Waals surface area contributed by atoms with Crippen LogP contribution in [0.2, 0.25) is 5.02 Å². The van der Waals surface area contributed by atoms with Crippen LogP contribution >= 0.6 is 11.6 Å². The van der Waals surface area contributed by atoms with Crippen LogP contribution in [-0.2, 0) is 15.6 Å². The van der Waals surface area contributed by atoms with Gasteiger partial charge in [0.15, 0.2) is 0 Å². The van der Waals surface area contributed by atoms with Crippen LogP contribution in [0.4, 0.5) is 5.82 Å². The molecule has 0 aliphatic rings. The maximum atomic E-state index is 12.4. The zero-order valence-corrected chi connectivity index (χ0v) is 21.8. The molecule has 0 bridgehead atoms. The van der Waals surface area contributed by atoms with Crippen molar-refractivity contribution in [2.24, 2.45) is 0 Å². The van der Waals surface area contributed by atoms with Crippen molar-refractivity contribution in [2.45, 2.75) is 31.2 Å². The Morgan fingerprint density at radius 2 is 1.75 bits per heavy atom. The maximum absolute atomic E-state index is 12.4. The van der Waals surface area contributed by atoms with E-state index < -0.39 is 10.0 Å². The van der Waals surface area contributed by atoms with Crippen LogP contribution in [0.3, 0.4) is 0 Å². The lowest BCUT2D eigenvalue weighted by Gasteiger charge is -2.18. The van der Waals surface area contributed by atoms with Crippen LogP contribution in [0.15, 0.2) is 78.0 Å². The van der Waals surface area contributed by atoms with Gasteiger partial charge in [0.05, 0.1) is 10.4 Å². The summed E-state index contributed by atoms with van der Waals surface area (Å²) < 4.78 is 29.4. The summed E-state index contributed by atoms with van der Waals surface area (Å²) in [6.45, 7) is 6.72. The molecule has 188 valence electrons. The molecule has 0 amide bonds. The fourth-order valence-electron chi connectivity index (χ4n) is 3.56. The zero-order chi connectivity index (χ0) is 25.9. The van der Waals surface area contributed by atoms with E-state index in [1.165, 1.54) is 24.3 Å². The van der Waals surface area contributed by atoms with E-state index in [4.69, 9.17) is 16.7 Å². The number of phenolic OH excluding ortho intramolecular Hbond substituents is 1. The number of pyridine rings is 1. The first-order chi connectivity index (χ1) is 17.0. The fourth-order valence-corrected chi connectivity index (χ4v) is 4.72. The smallest absolute Gasteiger partial charge is 0.240 e. The molecule has 2 heterocycles. The minimum Gasteiger partial charge on any atom is -0.508 e. The number of phenols is 1. The first kappa shape index (κ1) is 25.7. The number of aromatic nitrogens is 3. The predicted octanol–water partition coefficient (Wildman–Crippen LogP) is 5.12. The van der Waals surface area contributed by atoms with Crippen molar-refractivity contribution in [3.05, 3.63) is 78.1 Å². The van der Waals surface area contributed by atoms with E-state index in [0.29, 0.717) is 17.4 Å². The highest BCUT2D eigenvalue weighted by atomic mass is 35.5. The Labute approximate surface area is 216 Å². The van der Waals surface area contributed by atoms with Crippen molar-refractivity contribution >= 4 is 27.4 Å². The molecule has 10 heteroatoms. The normalized spacial score (nSPS) is 12.0. The molecule has 0 spiro atoms. The van der Waals surface area contributed by atoms with Gasteiger partial charge in [-0.05, 0) is 74.9 Å². The van der Waals surface area contributed by atoms with Gasteiger partial charge in [0, 0.05) is 41.6 Å². The Bertz CT molecular complexity index is 1460. The number of halogens is 1. The van der Waals surface area contributed by atoms with E-state index in [1.54, 1.807) is 24.4 Å². The van der Waals surface area contributed by atoms with Gasteiger partial charge in [0.25, 0.3) is 0 Å². The molecule has 0 saturated carbocycles. The summed E-state index contributed by atoms with van der Waals surface area (Å²) in [6.07, 6.45) is 3.68. The standard InChI is InChI=1S/C26H28ClN5O3S/c1-26(2,3)32-17-23(25(31-32)19-5-4-6-21(33)15-19)18-11-12-28-24(16-18)29-13-14-30-36(34,35)22-9-7-20(27)8-10-22/h4-12,15-17,30,33H,13-14H2,1-3H3,(H,28,29). The van der Waals surface area contributed by atoms with Gasteiger partial charge in [-0.1, -0.05) is 23.7 Å². The predicted molar refractivity (Wildman–Crippen MR) is 143 cm³/mol. The topological polar surface area (TPSA) is 109 Å². The molecule has 0 atom stereocenters.